The van der Waals surface area contributed by atoms with Crippen LogP contribution in [0.15, 0.2) is 102 Å². The number of carbonyl (C=O) groups is 3. The second-order valence-corrected chi connectivity index (χ2v) is 9.95. The van der Waals surface area contributed by atoms with Crippen LogP contribution in [0.1, 0.15) is 43.2 Å². The van der Waals surface area contributed by atoms with E-state index in [9.17, 15) is 14.4 Å². The molecule has 0 amide bonds. The molecule has 42 heavy (non-hydrogen) atoms. The maximum absolute atomic E-state index is 14.8. The van der Waals surface area contributed by atoms with Crippen LogP contribution in [-0.4, -0.2) is 43.0 Å². The van der Waals surface area contributed by atoms with Crippen LogP contribution < -0.4 is 15.4 Å². The quantitative estimate of drug-likeness (QED) is 0.307. The van der Waals surface area contributed by atoms with Gasteiger partial charge in [0.1, 0.15) is 17.5 Å². The number of hydrogen-bond donors (Lipinski definition) is 1. The summed E-state index contributed by atoms with van der Waals surface area (Å²) in [6.45, 7) is 3.64. The summed E-state index contributed by atoms with van der Waals surface area (Å²) < 4.78 is 16.4. The Morgan fingerprint density at radius 3 is 2.38 bits per heavy atom. The maximum atomic E-state index is 14.8. The fourth-order valence-electron chi connectivity index (χ4n) is 5.88. The molecule has 0 unspecified atom stereocenters. The molecule has 1 aliphatic heterocycles. The number of carbonyl (C=O) groups excluding carboxylic acids is 3. The molecule has 0 spiro atoms. The SMILES string of the molecule is CCOC(=O)C1=C(N)N(c2ccccc2)C2=C(C(=O)[C@@H](C(=O)OCC)[C@@H](c3cccc(OC)c3)C2)[C@@H]1c1cccnc1. The van der Waals surface area contributed by atoms with E-state index in [0.717, 1.165) is 5.56 Å². The van der Waals surface area contributed by atoms with Gasteiger partial charge in [0.15, 0.2) is 5.78 Å². The Morgan fingerprint density at radius 2 is 1.71 bits per heavy atom. The molecule has 0 saturated heterocycles. The van der Waals surface area contributed by atoms with Gasteiger partial charge in [0, 0.05) is 35.3 Å². The smallest absolute Gasteiger partial charge is 0.338 e. The van der Waals surface area contributed by atoms with Gasteiger partial charge in [-0.05, 0) is 61.7 Å². The summed E-state index contributed by atoms with van der Waals surface area (Å²) >= 11 is 0. The average Bonchev–Trinajstić information content (AvgIpc) is 3.01. The van der Waals surface area contributed by atoms with Crippen molar-refractivity contribution in [1.82, 2.24) is 4.98 Å². The molecule has 0 radical (unpaired) electrons. The fourth-order valence-corrected chi connectivity index (χ4v) is 5.88. The number of ketones is 1. The van der Waals surface area contributed by atoms with Crippen molar-refractivity contribution in [3.8, 4) is 5.75 Å². The van der Waals surface area contributed by atoms with E-state index in [1.54, 1.807) is 56.4 Å². The van der Waals surface area contributed by atoms with E-state index in [-0.39, 0.29) is 31.0 Å². The van der Waals surface area contributed by atoms with Crippen molar-refractivity contribution in [1.29, 1.82) is 0 Å². The number of allylic oxidation sites excluding steroid dienone is 2. The highest BCUT2D eigenvalue weighted by molar-refractivity contribution is 6.14. The zero-order valence-electron chi connectivity index (χ0n) is 23.8. The van der Waals surface area contributed by atoms with Crippen LogP contribution in [0.25, 0.3) is 0 Å². The van der Waals surface area contributed by atoms with E-state index in [1.807, 2.05) is 48.5 Å². The Morgan fingerprint density at radius 1 is 0.976 bits per heavy atom. The Hall–Kier alpha value is -4.92. The Labute approximate surface area is 244 Å². The highest BCUT2D eigenvalue weighted by Crippen LogP contribution is 2.51. The van der Waals surface area contributed by atoms with E-state index >= 15 is 0 Å². The number of para-hydroxylation sites is 1. The van der Waals surface area contributed by atoms with Crippen molar-refractivity contribution in [2.45, 2.75) is 32.1 Å². The fraction of sp³-hybridized carbons (Fsp3) is 0.273. The number of rotatable bonds is 8. The van der Waals surface area contributed by atoms with Crippen LogP contribution in [0.3, 0.4) is 0 Å². The predicted octanol–water partition coefficient (Wildman–Crippen LogP) is 4.62. The van der Waals surface area contributed by atoms with Gasteiger partial charge in [0.05, 0.1) is 31.8 Å². The molecule has 0 fully saturated rings. The second-order valence-electron chi connectivity index (χ2n) is 9.95. The summed E-state index contributed by atoms with van der Waals surface area (Å²) in [6.07, 6.45) is 3.47. The average molecular weight is 568 g/mol. The van der Waals surface area contributed by atoms with Crippen molar-refractivity contribution < 1.29 is 28.6 Å². The number of nitrogens with two attached hydrogens (primary N) is 1. The molecule has 2 aliphatic rings. The molecule has 0 saturated carbocycles. The minimum atomic E-state index is -1.16. The molecule has 3 atom stereocenters. The number of ether oxygens (including phenoxy) is 3. The number of methoxy groups -OCH3 is 1. The molecule has 2 aromatic carbocycles. The summed E-state index contributed by atoms with van der Waals surface area (Å²) in [4.78, 5) is 47.9. The molecule has 5 rings (SSSR count). The number of pyridine rings is 1. The third-order valence-electron chi connectivity index (χ3n) is 7.63. The number of nitrogens with zero attached hydrogens (tertiary/aromatic N) is 2. The van der Waals surface area contributed by atoms with Gasteiger partial charge in [-0.2, -0.15) is 0 Å². The molecular formula is C33H33N3O6. The minimum absolute atomic E-state index is 0.114. The summed E-state index contributed by atoms with van der Waals surface area (Å²) in [5, 5.41) is 0. The van der Waals surface area contributed by atoms with Crippen LogP contribution in [0.4, 0.5) is 5.69 Å². The van der Waals surface area contributed by atoms with Crippen molar-refractivity contribution in [3.05, 3.63) is 113 Å². The topological polar surface area (TPSA) is 121 Å². The first-order valence-electron chi connectivity index (χ1n) is 13.9. The van der Waals surface area contributed by atoms with Gasteiger partial charge >= 0.3 is 11.9 Å². The summed E-state index contributed by atoms with van der Waals surface area (Å²) in [7, 11) is 1.56. The standard InChI is InChI=1S/C33H33N3O6/c1-4-41-32(38)27-24(20-11-9-15-23(17-20)40-3)18-25-28(30(27)37)26(21-12-10-16-35-19-21)29(33(39)42-5-2)31(34)36(25)22-13-7-6-8-14-22/h6-17,19,24,26-27H,4-5,18,34H2,1-3H3/t24-,26+,27+/m1/s1. The number of benzene rings is 2. The highest BCUT2D eigenvalue weighted by Gasteiger charge is 2.51. The monoisotopic (exact) mass is 567 g/mol. The largest absolute Gasteiger partial charge is 0.497 e. The van der Waals surface area contributed by atoms with Crippen molar-refractivity contribution >= 4 is 23.4 Å². The van der Waals surface area contributed by atoms with E-state index in [4.69, 9.17) is 19.9 Å². The van der Waals surface area contributed by atoms with Gasteiger partial charge in [-0.3, -0.25) is 19.5 Å². The Bertz CT molecular complexity index is 1550. The summed E-state index contributed by atoms with van der Waals surface area (Å²) in [5.74, 6) is -3.60. The van der Waals surface area contributed by atoms with Crippen LogP contribution in [0.2, 0.25) is 0 Å². The van der Waals surface area contributed by atoms with Crippen LogP contribution in [-0.2, 0) is 23.9 Å². The lowest BCUT2D eigenvalue weighted by Crippen LogP contribution is -2.46. The first-order valence-corrected chi connectivity index (χ1v) is 13.9. The zero-order valence-corrected chi connectivity index (χ0v) is 23.8. The molecule has 216 valence electrons. The van der Waals surface area contributed by atoms with E-state index in [1.165, 1.54) is 0 Å². The molecule has 1 aliphatic carbocycles. The number of Topliss-reactive ketones (excluding diaryl/α,β-unsaturated/α-hetero) is 1. The molecular weight excluding hydrogens is 534 g/mol. The lowest BCUT2D eigenvalue weighted by molar-refractivity contribution is -0.152. The van der Waals surface area contributed by atoms with E-state index in [2.05, 4.69) is 4.98 Å². The number of aromatic nitrogens is 1. The molecule has 1 aromatic heterocycles. The maximum Gasteiger partial charge on any atom is 0.338 e. The molecule has 2 N–H and O–H groups in total. The van der Waals surface area contributed by atoms with E-state index < -0.39 is 35.5 Å². The third-order valence-corrected chi connectivity index (χ3v) is 7.63. The van der Waals surface area contributed by atoms with Gasteiger partial charge in [0.25, 0.3) is 0 Å². The number of hydrogen-bond acceptors (Lipinski definition) is 9. The summed E-state index contributed by atoms with van der Waals surface area (Å²) in [6, 6.07) is 20.1. The van der Waals surface area contributed by atoms with Crippen molar-refractivity contribution in [3.63, 3.8) is 0 Å². The summed E-state index contributed by atoms with van der Waals surface area (Å²) in [5.41, 5.74) is 9.87. The second kappa shape index (κ2) is 12.3. The van der Waals surface area contributed by atoms with Crippen LogP contribution >= 0.6 is 0 Å². The van der Waals surface area contributed by atoms with E-state index in [0.29, 0.717) is 28.3 Å². The first-order chi connectivity index (χ1) is 20.4. The first kappa shape index (κ1) is 28.6. The Kier molecular flexibility index (Phi) is 8.38. The minimum Gasteiger partial charge on any atom is -0.497 e. The van der Waals surface area contributed by atoms with Gasteiger partial charge in [-0.1, -0.05) is 36.4 Å². The lowest BCUT2D eigenvalue weighted by Gasteiger charge is -2.44. The molecule has 3 aromatic rings. The van der Waals surface area contributed by atoms with Gasteiger partial charge in [0.2, 0.25) is 0 Å². The third kappa shape index (κ3) is 5.13. The predicted molar refractivity (Wildman–Crippen MR) is 156 cm³/mol. The van der Waals surface area contributed by atoms with Gasteiger partial charge in [-0.15, -0.1) is 0 Å². The Balaban J connectivity index is 1.80. The normalized spacial score (nSPS) is 20.2. The zero-order chi connectivity index (χ0) is 29.8. The molecule has 9 heteroatoms. The van der Waals surface area contributed by atoms with Crippen molar-refractivity contribution in [2.75, 3.05) is 25.2 Å². The molecule has 2 heterocycles. The van der Waals surface area contributed by atoms with Crippen LogP contribution in [0.5, 0.6) is 5.75 Å². The number of esters is 2. The van der Waals surface area contributed by atoms with Crippen LogP contribution in [0, 0.1) is 5.92 Å². The lowest BCUT2D eigenvalue weighted by atomic mass is 9.67. The van der Waals surface area contributed by atoms with Crippen molar-refractivity contribution in [2.24, 2.45) is 11.7 Å². The highest BCUT2D eigenvalue weighted by atomic mass is 16.5. The van der Waals surface area contributed by atoms with Gasteiger partial charge in [-0.25, -0.2) is 4.79 Å². The number of anilines is 1. The molecule has 0 bridgehead atoms. The molecule has 9 nitrogen and oxygen atoms in total. The van der Waals surface area contributed by atoms with Gasteiger partial charge < -0.3 is 19.9 Å².